The van der Waals surface area contributed by atoms with Crippen molar-refractivity contribution < 1.29 is 14.3 Å². The molecule has 1 aromatic carbocycles. The first kappa shape index (κ1) is 18.3. The number of amides is 2. The number of carbonyl (C=O) groups is 2. The van der Waals surface area contributed by atoms with Crippen molar-refractivity contribution in [2.24, 2.45) is 11.7 Å². The number of hydrogen-bond donors (Lipinski definition) is 3. The van der Waals surface area contributed by atoms with Crippen LogP contribution >= 0.6 is 11.6 Å². The van der Waals surface area contributed by atoms with Crippen LogP contribution in [-0.4, -0.2) is 31.5 Å². The standard InChI is InChI=1S/C15H22ClN3O3/c1-9(2)14(17)15(21)19-8-13(20)18-7-10-4-5-11(16)6-12(10)22-3/h4-6,9,14H,7-8,17H2,1-3H3,(H,18,20)(H,19,21)/t14-/m0/s1. The second-order valence-corrected chi connectivity index (χ2v) is 5.66. The van der Waals surface area contributed by atoms with Gasteiger partial charge >= 0.3 is 0 Å². The highest BCUT2D eigenvalue weighted by Crippen LogP contribution is 2.22. The van der Waals surface area contributed by atoms with Gasteiger partial charge in [0.15, 0.2) is 0 Å². The lowest BCUT2D eigenvalue weighted by molar-refractivity contribution is -0.127. The van der Waals surface area contributed by atoms with E-state index in [0.717, 1.165) is 5.56 Å². The van der Waals surface area contributed by atoms with Gasteiger partial charge in [0.25, 0.3) is 0 Å². The average Bonchev–Trinajstić information content (AvgIpc) is 2.50. The van der Waals surface area contributed by atoms with Crippen LogP contribution in [0.5, 0.6) is 5.75 Å². The molecule has 1 rings (SSSR count). The minimum absolute atomic E-state index is 0.0152. The van der Waals surface area contributed by atoms with E-state index in [1.165, 1.54) is 7.11 Å². The first-order valence-corrected chi connectivity index (χ1v) is 7.35. The summed E-state index contributed by atoms with van der Waals surface area (Å²) in [4.78, 5) is 23.4. The first-order valence-electron chi connectivity index (χ1n) is 6.97. The van der Waals surface area contributed by atoms with Crippen molar-refractivity contribution in [3.8, 4) is 5.75 Å². The number of nitrogens with two attached hydrogens (primary N) is 1. The van der Waals surface area contributed by atoms with Crippen molar-refractivity contribution in [3.05, 3.63) is 28.8 Å². The Morgan fingerprint density at radius 3 is 2.59 bits per heavy atom. The Labute approximate surface area is 135 Å². The fraction of sp³-hybridized carbons (Fsp3) is 0.467. The number of ether oxygens (including phenoxy) is 1. The third kappa shape index (κ3) is 5.54. The number of rotatable bonds is 7. The number of carbonyl (C=O) groups excluding carboxylic acids is 2. The molecule has 0 radical (unpaired) electrons. The van der Waals surface area contributed by atoms with Crippen molar-refractivity contribution in [2.75, 3.05) is 13.7 Å². The van der Waals surface area contributed by atoms with Gasteiger partial charge < -0.3 is 21.1 Å². The lowest BCUT2D eigenvalue weighted by atomic mass is 10.1. The van der Waals surface area contributed by atoms with Crippen LogP contribution in [0.25, 0.3) is 0 Å². The van der Waals surface area contributed by atoms with Crippen molar-refractivity contribution in [2.45, 2.75) is 26.4 Å². The number of hydrogen-bond acceptors (Lipinski definition) is 4. The normalized spacial score (nSPS) is 11.9. The summed E-state index contributed by atoms with van der Waals surface area (Å²) in [6.45, 7) is 3.86. The maximum atomic E-state index is 11.7. The van der Waals surface area contributed by atoms with E-state index in [1.54, 1.807) is 18.2 Å². The Hall–Kier alpha value is -1.79. The predicted molar refractivity (Wildman–Crippen MR) is 85.7 cm³/mol. The molecule has 0 aliphatic carbocycles. The number of halogens is 1. The molecule has 0 aromatic heterocycles. The van der Waals surface area contributed by atoms with Gasteiger partial charge in [0, 0.05) is 17.1 Å². The summed E-state index contributed by atoms with van der Waals surface area (Å²) < 4.78 is 5.19. The van der Waals surface area contributed by atoms with Crippen LogP contribution in [-0.2, 0) is 16.1 Å². The summed E-state index contributed by atoms with van der Waals surface area (Å²) in [5.41, 5.74) is 6.49. The van der Waals surface area contributed by atoms with E-state index in [2.05, 4.69) is 10.6 Å². The molecule has 0 unspecified atom stereocenters. The van der Waals surface area contributed by atoms with Gasteiger partial charge in [-0.1, -0.05) is 31.5 Å². The van der Waals surface area contributed by atoms with Crippen LogP contribution in [0.1, 0.15) is 19.4 Å². The van der Waals surface area contributed by atoms with Gasteiger partial charge in [0.2, 0.25) is 11.8 Å². The quantitative estimate of drug-likeness (QED) is 0.698. The van der Waals surface area contributed by atoms with Crippen molar-refractivity contribution in [1.82, 2.24) is 10.6 Å². The van der Waals surface area contributed by atoms with Crippen LogP contribution in [0, 0.1) is 5.92 Å². The highest BCUT2D eigenvalue weighted by atomic mass is 35.5. The number of benzene rings is 1. The van der Waals surface area contributed by atoms with Gasteiger partial charge in [0.1, 0.15) is 5.75 Å². The summed E-state index contributed by atoms with van der Waals surface area (Å²) in [6, 6.07) is 4.54. The largest absolute Gasteiger partial charge is 0.496 e. The summed E-state index contributed by atoms with van der Waals surface area (Å²) in [7, 11) is 1.53. The minimum Gasteiger partial charge on any atom is -0.496 e. The lowest BCUT2D eigenvalue weighted by Crippen LogP contribution is -2.47. The summed E-state index contributed by atoms with van der Waals surface area (Å²) in [5.74, 6) is -0.0319. The van der Waals surface area contributed by atoms with Crippen molar-refractivity contribution >= 4 is 23.4 Å². The Kier molecular flexibility index (Phi) is 7.14. The fourth-order valence-corrected chi connectivity index (χ4v) is 1.87. The maximum absolute atomic E-state index is 11.7. The summed E-state index contributed by atoms with van der Waals surface area (Å²) in [6.07, 6.45) is 0. The van der Waals surface area contributed by atoms with E-state index in [9.17, 15) is 9.59 Å². The second kappa shape index (κ2) is 8.60. The smallest absolute Gasteiger partial charge is 0.239 e. The molecule has 22 heavy (non-hydrogen) atoms. The molecule has 2 amide bonds. The molecule has 7 heteroatoms. The zero-order chi connectivity index (χ0) is 16.7. The molecule has 122 valence electrons. The van der Waals surface area contributed by atoms with Gasteiger partial charge in [-0.3, -0.25) is 9.59 Å². The molecule has 0 spiro atoms. The Balaban J connectivity index is 2.45. The van der Waals surface area contributed by atoms with E-state index in [-0.39, 0.29) is 30.8 Å². The summed E-state index contributed by atoms with van der Waals surface area (Å²) >= 11 is 5.87. The van der Waals surface area contributed by atoms with Crippen LogP contribution in [0.15, 0.2) is 18.2 Å². The van der Waals surface area contributed by atoms with Crippen molar-refractivity contribution in [1.29, 1.82) is 0 Å². The average molecular weight is 328 g/mol. The maximum Gasteiger partial charge on any atom is 0.239 e. The third-order valence-electron chi connectivity index (χ3n) is 3.17. The van der Waals surface area contributed by atoms with E-state index < -0.39 is 6.04 Å². The molecule has 1 aromatic rings. The Morgan fingerprint density at radius 2 is 2.00 bits per heavy atom. The second-order valence-electron chi connectivity index (χ2n) is 5.22. The number of methoxy groups -OCH3 is 1. The van der Waals surface area contributed by atoms with Gasteiger partial charge in [-0.05, 0) is 18.1 Å². The molecule has 4 N–H and O–H groups in total. The molecule has 0 saturated heterocycles. The number of nitrogens with one attached hydrogen (secondary N) is 2. The molecule has 0 aliphatic heterocycles. The van der Waals surface area contributed by atoms with E-state index >= 15 is 0 Å². The Morgan fingerprint density at radius 1 is 1.32 bits per heavy atom. The lowest BCUT2D eigenvalue weighted by Gasteiger charge is -2.15. The molecular formula is C15H22ClN3O3. The fourth-order valence-electron chi connectivity index (χ4n) is 1.71. The zero-order valence-corrected chi connectivity index (χ0v) is 13.7. The molecule has 0 heterocycles. The molecular weight excluding hydrogens is 306 g/mol. The SMILES string of the molecule is COc1cc(Cl)ccc1CNC(=O)CNC(=O)[C@@H](N)C(C)C. The van der Waals surface area contributed by atoms with Crippen LogP contribution in [0.3, 0.4) is 0 Å². The van der Waals surface area contributed by atoms with Crippen molar-refractivity contribution in [3.63, 3.8) is 0 Å². The van der Waals surface area contributed by atoms with E-state index in [1.807, 2.05) is 13.8 Å². The third-order valence-corrected chi connectivity index (χ3v) is 3.40. The van der Waals surface area contributed by atoms with Gasteiger partial charge in [-0.2, -0.15) is 0 Å². The minimum atomic E-state index is -0.621. The van der Waals surface area contributed by atoms with Gasteiger partial charge in [-0.15, -0.1) is 0 Å². The molecule has 0 fully saturated rings. The molecule has 0 bridgehead atoms. The Bertz CT molecular complexity index is 535. The van der Waals surface area contributed by atoms with Crippen LogP contribution in [0.4, 0.5) is 0 Å². The van der Waals surface area contributed by atoms with Gasteiger partial charge in [-0.25, -0.2) is 0 Å². The first-order chi connectivity index (χ1) is 10.3. The highest BCUT2D eigenvalue weighted by molar-refractivity contribution is 6.30. The van der Waals surface area contributed by atoms with Gasteiger partial charge in [0.05, 0.1) is 19.7 Å². The molecule has 0 saturated carbocycles. The molecule has 6 nitrogen and oxygen atoms in total. The molecule has 1 atom stereocenters. The van der Waals surface area contributed by atoms with E-state index in [4.69, 9.17) is 22.1 Å². The molecule has 0 aliphatic rings. The monoisotopic (exact) mass is 327 g/mol. The topological polar surface area (TPSA) is 93.5 Å². The predicted octanol–water partition coefficient (Wildman–Crippen LogP) is 1.06. The van der Waals surface area contributed by atoms with E-state index in [0.29, 0.717) is 10.8 Å². The van der Waals surface area contributed by atoms with Crippen LogP contribution in [0.2, 0.25) is 5.02 Å². The highest BCUT2D eigenvalue weighted by Gasteiger charge is 2.17. The summed E-state index contributed by atoms with van der Waals surface area (Å²) in [5, 5.41) is 5.77. The van der Waals surface area contributed by atoms with Crippen LogP contribution < -0.4 is 21.1 Å². The zero-order valence-electron chi connectivity index (χ0n) is 13.0.